The van der Waals surface area contributed by atoms with Gasteiger partial charge in [0.1, 0.15) is 5.75 Å². The Kier molecular flexibility index (Phi) is 7.71. The fourth-order valence-corrected chi connectivity index (χ4v) is 10.6. The van der Waals surface area contributed by atoms with Crippen LogP contribution in [-0.4, -0.2) is 79.2 Å². The van der Waals surface area contributed by atoms with Gasteiger partial charge in [0, 0.05) is 59.7 Å². The summed E-state index contributed by atoms with van der Waals surface area (Å²) >= 11 is 0. The molecule has 3 aliphatic heterocycles. The van der Waals surface area contributed by atoms with Crippen molar-refractivity contribution in [1.29, 1.82) is 0 Å². The highest BCUT2D eigenvalue weighted by Gasteiger charge is 2.65. The summed E-state index contributed by atoms with van der Waals surface area (Å²) in [7, 11) is 0.0490. The highest BCUT2D eigenvalue weighted by atomic mass is 32.2. The Hall–Kier alpha value is -3.37. The second-order valence-electron chi connectivity index (χ2n) is 15.3. The van der Waals surface area contributed by atoms with Crippen molar-refractivity contribution in [3.05, 3.63) is 53.1 Å². The second kappa shape index (κ2) is 11.6. The Balaban J connectivity index is 1.31. The zero-order valence-electron chi connectivity index (χ0n) is 28.6. The third kappa shape index (κ3) is 4.91. The van der Waals surface area contributed by atoms with Crippen molar-refractivity contribution in [3.63, 3.8) is 0 Å². The van der Waals surface area contributed by atoms with E-state index in [1.165, 1.54) is 30.4 Å². The van der Waals surface area contributed by atoms with Crippen molar-refractivity contribution in [1.82, 2.24) is 19.1 Å². The van der Waals surface area contributed by atoms with Crippen molar-refractivity contribution in [3.8, 4) is 17.0 Å². The van der Waals surface area contributed by atoms with Crippen molar-refractivity contribution in [2.45, 2.75) is 107 Å². The molecule has 4 heterocycles. The van der Waals surface area contributed by atoms with Crippen LogP contribution in [0.25, 0.3) is 22.2 Å². The second-order valence-corrected chi connectivity index (χ2v) is 17.4. The van der Waals surface area contributed by atoms with Crippen LogP contribution in [0, 0.1) is 5.41 Å². The largest absolute Gasteiger partial charge is 0.497 e. The van der Waals surface area contributed by atoms with Gasteiger partial charge in [-0.05, 0) is 99.9 Å². The molecule has 2 aromatic carbocycles. The van der Waals surface area contributed by atoms with E-state index in [4.69, 9.17) is 4.74 Å². The number of carbonyl (C=O) groups is 2. The molecule has 1 aromatic heterocycles. The number of methoxy groups -OCH3 is 1. The number of nitrogens with one attached hydrogen (secondary N) is 1. The van der Waals surface area contributed by atoms with Crippen LogP contribution >= 0.6 is 0 Å². The Morgan fingerprint density at radius 3 is 2.44 bits per heavy atom. The number of carbonyl (C=O) groups excluding carboxylic acids is 2. The van der Waals surface area contributed by atoms with E-state index in [0.29, 0.717) is 24.4 Å². The lowest BCUT2D eigenvalue weighted by atomic mass is 9.81. The summed E-state index contributed by atoms with van der Waals surface area (Å²) in [6.45, 7) is 5.77. The van der Waals surface area contributed by atoms with Crippen LogP contribution in [0.3, 0.4) is 0 Å². The van der Waals surface area contributed by atoms with Crippen molar-refractivity contribution < 1.29 is 22.7 Å². The predicted molar refractivity (Wildman–Crippen MR) is 187 cm³/mol. The Bertz CT molecular complexity index is 1900. The SMILES string of the molecule is CC[C@H](C)S(=O)(=O)NC(=O)c1ccc2c(C3CCCCC3)c3n(c2c1)C[C@]1(C(=O)N2C4CCC2CN(C)C4)C[C@H]1c1cc(OC)ccc1-3. The zero-order valence-corrected chi connectivity index (χ0v) is 29.4. The van der Waals surface area contributed by atoms with E-state index in [2.05, 4.69) is 38.3 Å². The number of rotatable bonds is 7. The van der Waals surface area contributed by atoms with Crippen LogP contribution in [0.15, 0.2) is 36.4 Å². The molecular formula is C38H48N4O5S. The molecule has 1 N–H and O–H groups in total. The smallest absolute Gasteiger partial charge is 0.264 e. The summed E-state index contributed by atoms with van der Waals surface area (Å²) in [5.41, 5.74) is 5.42. The van der Waals surface area contributed by atoms with Crippen LogP contribution < -0.4 is 9.46 Å². The summed E-state index contributed by atoms with van der Waals surface area (Å²) in [6, 6.07) is 12.5. The number of amides is 2. The van der Waals surface area contributed by atoms with Crippen LogP contribution in [0.2, 0.25) is 0 Å². The average molecular weight is 673 g/mol. The minimum Gasteiger partial charge on any atom is -0.497 e. The minimum atomic E-state index is -3.81. The summed E-state index contributed by atoms with van der Waals surface area (Å²) in [6.07, 6.45) is 9.09. The lowest BCUT2D eigenvalue weighted by molar-refractivity contribution is -0.143. The molecule has 4 fully saturated rings. The number of aromatic nitrogens is 1. The first-order valence-electron chi connectivity index (χ1n) is 18.0. The molecule has 2 saturated heterocycles. The van der Waals surface area contributed by atoms with E-state index in [1.54, 1.807) is 27.0 Å². The van der Waals surface area contributed by atoms with Gasteiger partial charge < -0.3 is 19.1 Å². The van der Waals surface area contributed by atoms with Crippen LogP contribution in [-0.2, 0) is 21.4 Å². The van der Waals surface area contributed by atoms with Gasteiger partial charge in [-0.2, -0.15) is 0 Å². The maximum atomic E-state index is 15.0. The van der Waals surface area contributed by atoms with Gasteiger partial charge in [-0.25, -0.2) is 13.1 Å². The maximum Gasteiger partial charge on any atom is 0.264 e. The Morgan fingerprint density at radius 1 is 1.02 bits per heavy atom. The van der Waals surface area contributed by atoms with Crippen molar-refractivity contribution in [2.24, 2.45) is 5.41 Å². The number of nitrogens with zero attached hydrogens (tertiary/aromatic N) is 3. The number of hydrogen-bond donors (Lipinski definition) is 1. The number of piperazine rings is 1. The van der Waals surface area contributed by atoms with Gasteiger partial charge in [0.15, 0.2) is 0 Å². The number of fused-ring (bicyclic) bond motifs is 9. The van der Waals surface area contributed by atoms with E-state index >= 15 is 4.79 Å². The third-order valence-corrected chi connectivity index (χ3v) is 14.3. The summed E-state index contributed by atoms with van der Waals surface area (Å²) in [5, 5.41) is 0.421. The first kappa shape index (κ1) is 31.9. The monoisotopic (exact) mass is 672 g/mol. The molecule has 5 aliphatic rings. The van der Waals surface area contributed by atoms with Gasteiger partial charge in [-0.15, -0.1) is 0 Å². The highest BCUT2D eigenvalue weighted by molar-refractivity contribution is 7.90. The van der Waals surface area contributed by atoms with E-state index < -0.39 is 26.6 Å². The third-order valence-electron chi connectivity index (χ3n) is 12.4. The molecule has 2 bridgehead atoms. The number of hydrogen-bond acceptors (Lipinski definition) is 6. The number of benzene rings is 2. The van der Waals surface area contributed by atoms with E-state index in [9.17, 15) is 13.2 Å². The summed E-state index contributed by atoms with van der Waals surface area (Å²) in [5.74, 6) is 0.897. The van der Waals surface area contributed by atoms with Crippen LogP contribution in [0.5, 0.6) is 5.75 Å². The average Bonchev–Trinajstić information content (AvgIpc) is 3.67. The van der Waals surface area contributed by atoms with Gasteiger partial charge in [-0.1, -0.05) is 32.3 Å². The Morgan fingerprint density at radius 2 is 1.75 bits per heavy atom. The van der Waals surface area contributed by atoms with Gasteiger partial charge >= 0.3 is 0 Å². The van der Waals surface area contributed by atoms with Gasteiger partial charge in [0.2, 0.25) is 15.9 Å². The fraction of sp³-hybridized carbons (Fsp3) is 0.579. The van der Waals surface area contributed by atoms with E-state index in [-0.39, 0.29) is 23.9 Å². The minimum absolute atomic E-state index is 0.0791. The van der Waals surface area contributed by atoms with Gasteiger partial charge in [0.05, 0.1) is 23.5 Å². The van der Waals surface area contributed by atoms with E-state index in [1.807, 2.05) is 18.2 Å². The molecule has 2 unspecified atom stereocenters. The molecule has 2 saturated carbocycles. The molecule has 0 radical (unpaired) electrons. The number of ether oxygens (including phenoxy) is 1. The zero-order chi connectivity index (χ0) is 33.5. The molecule has 8 rings (SSSR count). The number of likely N-dealkylation sites (tertiary alicyclic amines) is 1. The van der Waals surface area contributed by atoms with E-state index in [0.717, 1.165) is 73.1 Å². The molecule has 2 aliphatic carbocycles. The quantitative estimate of drug-likeness (QED) is 0.330. The van der Waals surface area contributed by atoms with Crippen molar-refractivity contribution >= 4 is 32.7 Å². The van der Waals surface area contributed by atoms with Crippen molar-refractivity contribution in [2.75, 3.05) is 27.2 Å². The molecule has 3 aromatic rings. The van der Waals surface area contributed by atoms with Gasteiger partial charge in [-0.3, -0.25) is 9.59 Å². The molecule has 0 spiro atoms. The fourth-order valence-electron chi connectivity index (χ4n) is 9.63. The van der Waals surface area contributed by atoms with Gasteiger partial charge in [0.25, 0.3) is 5.91 Å². The normalized spacial score (nSPS) is 27.5. The molecular weight excluding hydrogens is 625 g/mol. The summed E-state index contributed by atoms with van der Waals surface area (Å²) < 4.78 is 36.2. The molecule has 256 valence electrons. The number of sulfonamides is 1. The predicted octanol–water partition coefficient (Wildman–Crippen LogP) is 6.02. The molecule has 10 heteroatoms. The summed E-state index contributed by atoms with van der Waals surface area (Å²) in [4.78, 5) is 33.1. The van der Waals surface area contributed by atoms with Crippen LogP contribution in [0.1, 0.15) is 105 Å². The Labute approximate surface area is 284 Å². The first-order chi connectivity index (χ1) is 23.1. The van der Waals surface area contributed by atoms with Crippen LogP contribution in [0.4, 0.5) is 0 Å². The highest BCUT2D eigenvalue weighted by Crippen LogP contribution is 2.66. The topological polar surface area (TPSA) is 101 Å². The molecule has 5 atom stereocenters. The first-order valence-corrected chi connectivity index (χ1v) is 19.5. The molecule has 48 heavy (non-hydrogen) atoms. The standard InChI is InChI=1S/C38H48N4O5S/c1-5-23(2)48(45,46)39-36(43)25-11-15-30-33(17-25)41-22-38(37(44)42-26-12-13-27(42)21-40(3)20-26)19-32(38)31-18-28(47-4)14-16-29(31)35(41)34(30)24-9-7-6-8-10-24/h11,14-18,23-24,26-27,32H,5-10,12-13,19-22H2,1-4H3,(H,39,43)/t23-,26?,27?,32-,38+/m0/s1. The lowest BCUT2D eigenvalue weighted by Gasteiger charge is -2.41. The molecule has 2 amide bonds. The number of likely N-dealkylation sites (N-methyl/N-ethyl adjacent to an activating group) is 1. The maximum absolute atomic E-state index is 15.0. The molecule has 9 nitrogen and oxygen atoms in total. The lowest BCUT2D eigenvalue weighted by Crippen LogP contribution is -2.57.